The topological polar surface area (TPSA) is 30.0 Å². The number of Topliss-reactive ketones (excluding diaryl/α,β-unsaturated/α-hetero) is 1. The lowest BCUT2D eigenvalue weighted by molar-refractivity contribution is -0.137. The third kappa shape index (κ3) is 3.82. The molecule has 2 nitrogen and oxygen atoms in total. The molecule has 6 heteroatoms. The van der Waals surface area contributed by atoms with Gasteiger partial charge in [0.1, 0.15) is 5.69 Å². The Morgan fingerprint density at radius 3 is 2.48 bits per heavy atom. The number of hydrogen-bond acceptors (Lipinski definition) is 2. The van der Waals surface area contributed by atoms with Crippen LogP contribution in [0.3, 0.4) is 0 Å². The van der Waals surface area contributed by atoms with Crippen molar-refractivity contribution in [1.29, 1.82) is 0 Å². The number of nitrogens with zero attached hydrogens (tertiary/aromatic N) is 1. The Balaban J connectivity index is 2.17. The lowest BCUT2D eigenvalue weighted by Gasteiger charge is -2.07. The molecule has 1 aromatic heterocycles. The molecule has 0 unspecified atom stereocenters. The number of carbonyl (C=O) groups excluding carboxylic acids is 1. The fraction of sp³-hybridized carbons (Fsp3) is 0.200. The Hall–Kier alpha value is -1.88. The van der Waals surface area contributed by atoms with Crippen LogP contribution in [0, 0.1) is 6.92 Å². The predicted octanol–water partition coefficient (Wildman–Crippen LogP) is 4.49. The summed E-state index contributed by atoms with van der Waals surface area (Å²) in [5, 5.41) is 0.454. The maximum absolute atomic E-state index is 12.4. The highest BCUT2D eigenvalue weighted by Crippen LogP contribution is 2.28. The van der Waals surface area contributed by atoms with E-state index in [4.69, 9.17) is 11.6 Å². The lowest BCUT2D eigenvalue weighted by Crippen LogP contribution is -2.10. The minimum atomic E-state index is -4.46. The second-order valence-electron chi connectivity index (χ2n) is 4.62. The fourth-order valence-electron chi connectivity index (χ4n) is 1.79. The van der Waals surface area contributed by atoms with Crippen molar-refractivity contribution in [2.45, 2.75) is 19.5 Å². The summed E-state index contributed by atoms with van der Waals surface area (Å²) < 4.78 is 37.2. The van der Waals surface area contributed by atoms with Gasteiger partial charge in [-0.2, -0.15) is 13.2 Å². The van der Waals surface area contributed by atoms with Gasteiger partial charge in [0.2, 0.25) is 0 Å². The number of carbonyl (C=O) groups is 1. The molecule has 2 aromatic rings. The van der Waals surface area contributed by atoms with Crippen molar-refractivity contribution in [3.8, 4) is 0 Å². The highest BCUT2D eigenvalue weighted by molar-refractivity contribution is 6.31. The molecule has 0 bridgehead atoms. The molecule has 2 rings (SSSR count). The number of pyridine rings is 1. The van der Waals surface area contributed by atoms with Gasteiger partial charge < -0.3 is 0 Å². The second-order valence-corrected chi connectivity index (χ2v) is 5.03. The van der Waals surface area contributed by atoms with Gasteiger partial charge in [0.05, 0.1) is 5.56 Å². The van der Waals surface area contributed by atoms with Gasteiger partial charge in [-0.05, 0) is 36.2 Å². The van der Waals surface area contributed by atoms with E-state index in [9.17, 15) is 18.0 Å². The molecule has 1 heterocycles. The summed E-state index contributed by atoms with van der Waals surface area (Å²) in [5.74, 6) is -0.380. The SMILES string of the molecule is Cc1ccc(CC(=O)c2ccc(C(F)(F)F)cn2)c(Cl)c1. The quantitative estimate of drug-likeness (QED) is 0.782. The van der Waals surface area contributed by atoms with E-state index in [1.54, 1.807) is 12.1 Å². The molecule has 0 amide bonds. The molecule has 0 spiro atoms. The van der Waals surface area contributed by atoms with E-state index >= 15 is 0 Å². The van der Waals surface area contributed by atoms with E-state index in [-0.39, 0.29) is 17.9 Å². The van der Waals surface area contributed by atoms with Crippen molar-refractivity contribution < 1.29 is 18.0 Å². The van der Waals surface area contributed by atoms with E-state index in [0.29, 0.717) is 16.8 Å². The zero-order chi connectivity index (χ0) is 15.6. The molecular formula is C15H11ClF3NO. The highest BCUT2D eigenvalue weighted by Gasteiger charge is 2.30. The van der Waals surface area contributed by atoms with Crippen LogP contribution in [0.15, 0.2) is 36.5 Å². The zero-order valence-corrected chi connectivity index (χ0v) is 11.8. The standard InChI is InChI=1S/C15H11ClF3NO/c1-9-2-3-10(12(16)6-9)7-14(21)13-5-4-11(8-20-13)15(17,18)19/h2-6,8H,7H2,1H3. The fourth-order valence-corrected chi connectivity index (χ4v) is 2.09. The van der Waals surface area contributed by atoms with Gasteiger partial charge in [0, 0.05) is 17.6 Å². The molecule has 0 aliphatic carbocycles. The van der Waals surface area contributed by atoms with E-state index in [1.165, 1.54) is 0 Å². The Morgan fingerprint density at radius 1 is 1.24 bits per heavy atom. The minimum Gasteiger partial charge on any atom is -0.292 e. The third-order valence-electron chi connectivity index (χ3n) is 2.94. The van der Waals surface area contributed by atoms with Crippen LogP contribution in [0.2, 0.25) is 5.02 Å². The Kier molecular flexibility index (Phi) is 4.32. The minimum absolute atomic E-state index is 0.00250. The van der Waals surface area contributed by atoms with Gasteiger partial charge in [-0.15, -0.1) is 0 Å². The molecule has 0 atom stereocenters. The molecule has 110 valence electrons. The smallest absolute Gasteiger partial charge is 0.292 e. The number of halogens is 4. The maximum Gasteiger partial charge on any atom is 0.417 e. The van der Waals surface area contributed by atoms with Crippen LogP contribution < -0.4 is 0 Å². The van der Waals surface area contributed by atoms with E-state index < -0.39 is 11.7 Å². The number of hydrogen-bond donors (Lipinski definition) is 0. The number of aromatic nitrogens is 1. The molecule has 0 radical (unpaired) electrons. The number of aryl methyl sites for hydroxylation is 1. The van der Waals surface area contributed by atoms with Gasteiger partial charge in [-0.1, -0.05) is 23.7 Å². The molecule has 0 fully saturated rings. The molecule has 0 N–H and O–H groups in total. The van der Waals surface area contributed by atoms with Crippen LogP contribution in [0.25, 0.3) is 0 Å². The van der Waals surface area contributed by atoms with Crippen molar-refractivity contribution in [2.24, 2.45) is 0 Å². The van der Waals surface area contributed by atoms with Crippen molar-refractivity contribution >= 4 is 17.4 Å². The van der Waals surface area contributed by atoms with E-state index in [1.807, 2.05) is 13.0 Å². The molecule has 0 saturated heterocycles. The highest BCUT2D eigenvalue weighted by atomic mass is 35.5. The summed E-state index contributed by atoms with van der Waals surface area (Å²) in [6.07, 6.45) is -3.81. The maximum atomic E-state index is 12.4. The predicted molar refractivity (Wildman–Crippen MR) is 73.5 cm³/mol. The number of alkyl halides is 3. The van der Waals surface area contributed by atoms with Crippen molar-refractivity contribution in [3.05, 3.63) is 63.9 Å². The largest absolute Gasteiger partial charge is 0.417 e. The molecule has 21 heavy (non-hydrogen) atoms. The summed E-state index contributed by atoms with van der Waals surface area (Å²) in [6, 6.07) is 7.18. The lowest BCUT2D eigenvalue weighted by atomic mass is 10.0. The van der Waals surface area contributed by atoms with Crippen LogP contribution in [0.4, 0.5) is 13.2 Å². The first-order chi connectivity index (χ1) is 9.77. The van der Waals surface area contributed by atoms with Gasteiger partial charge >= 0.3 is 6.18 Å². The van der Waals surface area contributed by atoms with E-state index in [2.05, 4.69) is 4.98 Å². The Bertz CT molecular complexity index is 666. The van der Waals surface area contributed by atoms with Crippen molar-refractivity contribution in [2.75, 3.05) is 0 Å². The summed E-state index contributed by atoms with van der Waals surface area (Å²) in [6.45, 7) is 1.87. The van der Waals surface area contributed by atoms with Gasteiger partial charge in [0.25, 0.3) is 0 Å². The van der Waals surface area contributed by atoms with Crippen LogP contribution >= 0.6 is 11.6 Å². The normalized spacial score (nSPS) is 11.5. The van der Waals surface area contributed by atoms with Crippen molar-refractivity contribution in [1.82, 2.24) is 4.98 Å². The first-order valence-corrected chi connectivity index (χ1v) is 6.46. The number of ketones is 1. The number of benzene rings is 1. The van der Waals surface area contributed by atoms with Crippen LogP contribution in [-0.2, 0) is 12.6 Å². The first kappa shape index (κ1) is 15.5. The molecule has 0 saturated carbocycles. The molecular weight excluding hydrogens is 303 g/mol. The summed E-state index contributed by atoms with van der Waals surface area (Å²) >= 11 is 6.02. The second kappa shape index (κ2) is 5.85. The number of rotatable bonds is 3. The van der Waals surface area contributed by atoms with Crippen LogP contribution in [0.1, 0.15) is 27.2 Å². The van der Waals surface area contributed by atoms with Gasteiger partial charge in [0.15, 0.2) is 5.78 Å². The van der Waals surface area contributed by atoms with Crippen LogP contribution in [0.5, 0.6) is 0 Å². The van der Waals surface area contributed by atoms with Gasteiger partial charge in [-0.25, -0.2) is 0 Å². The summed E-state index contributed by atoms with van der Waals surface area (Å²) in [5.41, 5.74) is 0.685. The van der Waals surface area contributed by atoms with Crippen molar-refractivity contribution in [3.63, 3.8) is 0 Å². The third-order valence-corrected chi connectivity index (χ3v) is 3.29. The van der Waals surface area contributed by atoms with Crippen LogP contribution in [-0.4, -0.2) is 10.8 Å². The van der Waals surface area contributed by atoms with Gasteiger partial charge in [-0.3, -0.25) is 9.78 Å². The average Bonchev–Trinajstić information content (AvgIpc) is 2.41. The Labute approximate surface area is 124 Å². The zero-order valence-electron chi connectivity index (χ0n) is 11.0. The summed E-state index contributed by atoms with van der Waals surface area (Å²) in [4.78, 5) is 15.6. The first-order valence-electron chi connectivity index (χ1n) is 6.09. The summed E-state index contributed by atoms with van der Waals surface area (Å²) in [7, 11) is 0. The average molecular weight is 314 g/mol. The molecule has 1 aromatic carbocycles. The van der Waals surface area contributed by atoms with E-state index in [0.717, 1.165) is 17.7 Å². The molecule has 0 aliphatic rings. The monoisotopic (exact) mass is 313 g/mol. The Morgan fingerprint density at radius 2 is 1.95 bits per heavy atom. The molecule has 0 aliphatic heterocycles.